The second kappa shape index (κ2) is 13.2. The Morgan fingerprint density at radius 2 is 1.28 bits per heavy atom. The van der Waals surface area contributed by atoms with E-state index in [-0.39, 0.29) is 11.9 Å². The molecule has 0 N–H and O–H groups in total. The van der Waals surface area contributed by atoms with Gasteiger partial charge in [-0.25, -0.2) is 0 Å². The molecule has 0 aromatic rings. The Morgan fingerprint density at radius 3 is 1.76 bits per heavy atom. The number of hydrogen-bond donors (Lipinski definition) is 0. The summed E-state index contributed by atoms with van der Waals surface area (Å²) in [6.07, 6.45) is 16.4. The predicted molar refractivity (Wildman–Crippen MR) is 102 cm³/mol. The number of unbranched alkanes of at least 4 members (excludes halogenated alkanes) is 9. The van der Waals surface area contributed by atoms with E-state index in [4.69, 9.17) is 0 Å². The first kappa shape index (κ1) is 22.0. The average Bonchev–Trinajstić information content (AvgIpc) is 3.30. The van der Waals surface area contributed by atoms with Crippen molar-refractivity contribution < 1.29 is 14.3 Å². The largest absolute Gasteiger partial charge is 0.469 e. The van der Waals surface area contributed by atoms with Crippen LogP contribution < -0.4 is 0 Å². The molecule has 4 heteroatoms. The van der Waals surface area contributed by atoms with Gasteiger partial charge in [-0.05, 0) is 19.3 Å². The summed E-state index contributed by atoms with van der Waals surface area (Å²) in [5.74, 6) is 0.145. The summed E-state index contributed by atoms with van der Waals surface area (Å²) in [5.41, 5.74) is 0. The first-order chi connectivity index (χ1) is 12.1. The third-order valence-electron chi connectivity index (χ3n) is 5.39. The molecule has 1 amide bonds. The van der Waals surface area contributed by atoms with Gasteiger partial charge in [0.1, 0.15) is 0 Å². The van der Waals surface area contributed by atoms with E-state index in [1.54, 1.807) is 6.92 Å². The quantitative estimate of drug-likeness (QED) is 0.230. The van der Waals surface area contributed by atoms with Crippen LogP contribution in [0.15, 0.2) is 0 Å². The van der Waals surface area contributed by atoms with Gasteiger partial charge in [0.15, 0.2) is 0 Å². The topological polar surface area (TPSA) is 46.4 Å². The van der Waals surface area contributed by atoms with E-state index in [9.17, 15) is 9.59 Å². The third kappa shape index (κ3) is 9.27. The zero-order chi connectivity index (χ0) is 18.5. The normalized spacial score (nSPS) is 19.1. The van der Waals surface area contributed by atoms with E-state index in [1.807, 2.05) is 0 Å². The Labute approximate surface area is 154 Å². The maximum Gasteiger partial charge on any atom is 0.305 e. The van der Waals surface area contributed by atoms with Crippen molar-refractivity contribution in [3.8, 4) is 0 Å². The monoisotopic (exact) mass is 353 g/mol. The maximum absolute atomic E-state index is 11.7. The maximum atomic E-state index is 11.7. The van der Waals surface area contributed by atoms with Crippen LogP contribution in [0.4, 0.5) is 0 Å². The molecule has 4 nitrogen and oxygen atoms in total. The highest BCUT2D eigenvalue weighted by Crippen LogP contribution is 2.36. The standard InChI is InChI=1S/C21H39NO3/c1-4-5-6-7-9-12-15-19-20(22(19)18(2)23)16-13-10-8-11-14-17-21(24)25-3/h19-20H,4-17H2,1-3H3/t19-,20+,22?/m1/s1. The lowest BCUT2D eigenvalue weighted by Crippen LogP contribution is -2.09. The minimum atomic E-state index is -0.104. The van der Waals surface area contributed by atoms with Crippen LogP contribution in [0.2, 0.25) is 0 Å². The number of nitrogens with zero attached hydrogens (tertiary/aromatic N) is 1. The molecule has 1 saturated heterocycles. The molecule has 2 atom stereocenters. The van der Waals surface area contributed by atoms with E-state index < -0.39 is 0 Å². The molecular formula is C21H39NO3. The minimum Gasteiger partial charge on any atom is -0.469 e. The van der Waals surface area contributed by atoms with Crippen LogP contribution >= 0.6 is 0 Å². The Bertz CT molecular complexity index is 383. The van der Waals surface area contributed by atoms with Crippen LogP contribution in [0.25, 0.3) is 0 Å². The number of rotatable bonds is 15. The molecule has 0 saturated carbocycles. The van der Waals surface area contributed by atoms with Crippen molar-refractivity contribution in [2.24, 2.45) is 0 Å². The van der Waals surface area contributed by atoms with E-state index in [2.05, 4.69) is 16.6 Å². The van der Waals surface area contributed by atoms with Gasteiger partial charge in [0.2, 0.25) is 5.91 Å². The number of carbonyl (C=O) groups excluding carboxylic acids is 2. The van der Waals surface area contributed by atoms with Crippen molar-refractivity contribution in [2.75, 3.05) is 7.11 Å². The van der Waals surface area contributed by atoms with Crippen molar-refractivity contribution in [3.63, 3.8) is 0 Å². The number of esters is 1. The Morgan fingerprint density at radius 1 is 0.800 bits per heavy atom. The van der Waals surface area contributed by atoms with Gasteiger partial charge in [-0.3, -0.25) is 9.59 Å². The summed E-state index contributed by atoms with van der Waals surface area (Å²) in [5, 5.41) is 0. The van der Waals surface area contributed by atoms with Gasteiger partial charge >= 0.3 is 5.97 Å². The van der Waals surface area contributed by atoms with E-state index in [0.29, 0.717) is 18.5 Å². The van der Waals surface area contributed by atoms with Gasteiger partial charge in [0, 0.05) is 13.3 Å². The molecule has 1 aliphatic heterocycles. The molecule has 0 aromatic carbocycles. The van der Waals surface area contributed by atoms with Crippen LogP contribution in [0, 0.1) is 0 Å². The average molecular weight is 354 g/mol. The fourth-order valence-electron chi connectivity index (χ4n) is 3.85. The number of amides is 1. The van der Waals surface area contributed by atoms with Crippen molar-refractivity contribution >= 4 is 11.9 Å². The predicted octanol–water partition coefficient (Wildman–Crippen LogP) is 5.24. The Hall–Kier alpha value is -1.06. The highest BCUT2D eigenvalue weighted by atomic mass is 16.5. The Kier molecular flexibility index (Phi) is 11.6. The molecular weight excluding hydrogens is 314 g/mol. The van der Waals surface area contributed by atoms with Crippen molar-refractivity contribution in [1.82, 2.24) is 4.90 Å². The SMILES string of the molecule is CCCCCCCC[C@@H]1[C@H](CCCCCCCC(=O)OC)N1C(C)=O. The summed E-state index contributed by atoms with van der Waals surface area (Å²) in [6, 6.07) is 1.02. The molecule has 0 bridgehead atoms. The van der Waals surface area contributed by atoms with Gasteiger partial charge in [0.25, 0.3) is 0 Å². The van der Waals surface area contributed by atoms with Gasteiger partial charge < -0.3 is 9.64 Å². The van der Waals surface area contributed by atoms with E-state index >= 15 is 0 Å². The van der Waals surface area contributed by atoms with Crippen LogP contribution in [-0.2, 0) is 14.3 Å². The first-order valence-electron chi connectivity index (χ1n) is 10.5. The van der Waals surface area contributed by atoms with E-state index in [0.717, 1.165) is 19.3 Å². The number of hydrogen-bond acceptors (Lipinski definition) is 3. The van der Waals surface area contributed by atoms with Gasteiger partial charge in [-0.2, -0.15) is 0 Å². The molecule has 0 radical (unpaired) electrons. The highest BCUT2D eigenvalue weighted by Gasteiger charge is 2.47. The summed E-state index contributed by atoms with van der Waals surface area (Å²) < 4.78 is 4.65. The molecule has 0 aromatic heterocycles. The molecule has 1 rings (SSSR count). The summed E-state index contributed by atoms with van der Waals surface area (Å²) in [7, 11) is 1.44. The van der Waals surface area contributed by atoms with Crippen LogP contribution in [0.3, 0.4) is 0 Å². The summed E-state index contributed by atoms with van der Waals surface area (Å²) in [6.45, 7) is 3.96. The zero-order valence-corrected chi connectivity index (χ0v) is 16.7. The molecule has 0 spiro atoms. The molecule has 1 heterocycles. The van der Waals surface area contributed by atoms with Crippen LogP contribution in [0.5, 0.6) is 0 Å². The molecule has 1 aliphatic rings. The van der Waals surface area contributed by atoms with Gasteiger partial charge in [-0.15, -0.1) is 0 Å². The van der Waals surface area contributed by atoms with Gasteiger partial charge in [-0.1, -0.05) is 71.1 Å². The second-order valence-corrected chi connectivity index (χ2v) is 7.50. The summed E-state index contributed by atoms with van der Waals surface area (Å²) in [4.78, 5) is 24.9. The zero-order valence-electron chi connectivity index (χ0n) is 16.7. The molecule has 0 unspecified atom stereocenters. The molecule has 0 aliphatic carbocycles. The lowest BCUT2D eigenvalue weighted by Gasteiger charge is -2.02. The van der Waals surface area contributed by atoms with Crippen molar-refractivity contribution in [3.05, 3.63) is 0 Å². The molecule has 25 heavy (non-hydrogen) atoms. The van der Waals surface area contributed by atoms with Gasteiger partial charge in [0.05, 0.1) is 19.2 Å². The smallest absolute Gasteiger partial charge is 0.305 e. The lowest BCUT2D eigenvalue weighted by atomic mass is 10.0. The van der Waals surface area contributed by atoms with Crippen molar-refractivity contribution in [2.45, 2.75) is 116 Å². The van der Waals surface area contributed by atoms with E-state index in [1.165, 1.54) is 71.3 Å². The van der Waals surface area contributed by atoms with Crippen LogP contribution in [0.1, 0.15) is 104 Å². The Balaban J connectivity index is 2.05. The second-order valence-electron chi connectivity index (χ2n) is 7.50. The fourth-order valence-corrected chi connectivity index (χ4v) is 3.85. The minimum absolute atomic E-state index is 0.104. The molecule has 146 valence electrons. The molecule has 1 fully saturated rings. The van der Waals surface area contributed by atoms with Crippen molar-refractivity contribution in [1.29, 1.82) is 0 Å². The first-order valence-corrected chi connectivity index (χ1v) is 10.5. The lowest BCUT2D eigenvalue weighted by molar-refractivity contribution is -0.140. The highest BCUT2D eigenvalue weighted by molar-refractivity contribution is 5.77. The number of carbonyl (C=O) groups is 2. The number of methoxy groups -OCH3 is 1. The summed E-state index contributed by atoms with van der Waals surface area (Å²) >= 11 is 0. The number of ether oxygens (including phenoxy) is 1. The fraction of sp³-hybridized carbons (Fsp3) is 0.905. The van der Waals surface area contributed by atoms with Crippen LogP contribution in [-0.4, -0.2) is 36.0 Å². The third-order valence-corrected chi connectivity index (χ3v) is 5.39.